The number of carbonyl (C=O) groups excluding carboxylic acids is 1. The molecule has 1 fully saturated rings. The number of aliphatic carboxylic acids is 1. The first-order chi connectivity index (χ1) is 8.66. The molecule has 0 aromatic rings. The number of carbonyl (C=O) groups is 2. The van der Waals surface area contributed by atoms with Gasteiger partial charge in [-0.1, -0.05) is 12.8 Å². The zero-order chi connectivity index (χ0) is 14.7. The number of carboxylic acid groups (broad SMARTS) is 1. The fraction of sp³-hybridized carbons (Fsp3) is 0.818. The minimum absolute atomic E-state index is 0.307. The highest BCUT2D eigenvalue weighted by molar-refractivity contribution is 5.86. The van der Waals surface area contributed by atoms with Crippen molar-refractivity contribution >= 4 is 12.0 Å². The highest BCUT2D eigenvalue weighted by Gasteiger charge is 2.43. The maximum Gasteiger partial charge on any atom is 0.390 e. The van der Waals surface area contributed by atoms with E-state index < -0.39 is 36.7 Å². The molecular weight excluding hydrogens is 265 g/mol. The van der Waals surface area contributed by atoms with Gasteiger partial charge in [0.2, 0.25) is 0 Å². The second-order valence-electron chi connectivity index (χ2n) is 4.81. The predicted molar refractivity (Wildman–Crippen MR) is 60.7 cm³/mol. The summed E-state index contributed by atoms with van der Waals surface area (Å²) in [5.41, 5.74) is -1.33. The molecular formula is C11H17F3N2O3. The van der Waals surface area contributed by atoms with Crippen molar-refractivity contribution in [3.8, 4) is 0 Å². The fourth-order valence-electron chi connectivity index (χ4n) is 2.07. The first-order valence-corrected chi connectivity index (χ1v) is 6.00. The van der Waals surface area contributed by atoms with Crippen molar-refractivity contribution in [2.24, 2.45) is 0 Å². The van der Waals surface area contributed by atoms with Gasteiger partial charge < -0.3 is 15.3 Å². The van der Waals surface area contributed by atoms with Crippen molar-refractivity contribution < 1.29 is 27.9 Å². The molecule has 0 aromatic heterocycles. The third-order valence-corrected chi connectivity index (χ3v) is 3.29. The smallest absolute Gasteiger partial charge is 0.390 e. The van der Waals surface area contributed by atoms with Gasteiger partial charge in [0.05, 0.1) is 6.42 Å². The third-order valence-electron chi connectivity index (χ3n) is 3.29. The summed E-state index contributed by atoms with van der Waals surface area (Å²) in [7, 11) is 1.21. The standard InChI is InChI=1S/C11H17F3N2O3/c1-16(7-6-11(12,13)14)9(19)15-10(8(17)18)4-2-3-5-10/h2-7H2,1H3,(H,15,19)(H,17,18). The average molecular weight is 282 g/mol. The number of rotatable bonds is 4. The minimum atomic E-state index is -4.34. The summed E-state index contributed by atoms with van der Waals surface area (Å²) >= 11 is 0. The van der Waals surface area contributed by atoms with Gasteiger partial charge in [0.15, 0.2) is 0 Å². The number of hydrogen-bond donors (Lipinski definition) is 2. The number of halogens is 3. The molecule has 1 saturated carbocycles. The number of hydrogen-bond acceptors (Lipinski definition) is 2. The third kappa shape index (κ3) is 4.29. The molecule has 0 saturated heterocycles. The fourth-order valence-corrected chi connectivity index (χ4v) is 2.07. The summed E-state index contributed by atoms with van der Waals surface area (Å²) in [6.45, 7) is -0.495. The second-order valence-corrected chi connectivity index (χ2v) is 4.81. The van der Waals surface area contributed by atoms with Crippen molar-refractivity contribution in [2.45, 2.75) is 43.8 Å². The van der Waals surface area contributed by atoms with Crippen molar-refractivity contribution in [3.05, 3.63) is 0 Å². The van der Waals surface area contributed by atoms with Crippen molar-refractivity contribution in [1.29, 1.82) is 0 Å². The molecule has 0 aliphatic heterocycles. The summed E-state index contributed by atoms with van der Waals surface area (Å²) in [6.07, 6.45) is -3.48. The molecule has 0 atom stereocenters. The Hall–Kier alpha value is -1.47. The van der Waals surface area contributed by atoms with E-state index in [0.29, 0.717) is 25.7 Å². The molecule has 0 unspecified atom stereocenters. The molecule has 2 amide bonds. The predicted octanol–water partition coefficient (Wildman–Crippen LogP) is 1.98. The summed E-state index contributed by atoms with van der Waals surface area (Å²) in [5, 5.41) is 11.5. The maximum absolute atomic E-state index is 12.0. The molecule has 0 radical (unpaired) electrons. The lowest BCUT2D eigenvalue weighted by atomic mass is 9.98. The molecule has 1 aliphatic carbocycles. The van der Waals surface area contributed by atoms with Gasteiger partial charge in [-0.2, -0.15) is 13.2 Å². The Kier molecular flexibility index (Phi) is 4.65. The summed E-state index contributed by atoms with van der Waals surface area (Å²) in [5.74, 6) is -1.14. The largest absolute Gasteiger partial charge is 0.480 e. The van der Waals surface area contributed by atoms with Gasteiger partial charge in [-0.25, -0.2) is 9.59 Å². The van der Waals surface area contributed by atoms with Crippen LogP contribution in [0.15, 0.2) is 0 Å². The van der Waals surface area contributed by atoms with Gasteiger partial charge in [0.1, 0.15) is 5.54 Å². The van der Waals surface area contributed by atoms with E-state index in [2.05, 4.69) is 5.32 Å². The molecule has 0 aromatic carbocycles. The van der Waals surface area contributed by atoms with E-state index in [9.17, 15) is 22.8 Å². The van der Waals surface area contributed by atoms with Crippen LogP contribution in [-0.4, -0.2) is 47.3 Å². The molecule has 1 aliphatic rings. The van der Waals surface area contributed by atoms with E-state index in [1.807, 2.05) is 0 Å². The minimum Gasteiger partial charge on any atom is -0.480 e. The summed E-state index contributed by atoms with van der Waals surface area (Å²) in [4.78, 5) is 23.8. The lowest BCUT2D eigenvalue weighted by Gasteiger charge is -2.28. The Morgan fingerprint density at radius 2 is 1.84 bits per heavy atom. The highest BCUT2D eigenvalue weighted by atomic mass is 19.4. The van der Waals surface area contributed by atoms with Crippen LogP contribution in [0.4, 0.5) is 18.0 Å². The van der Waals surface area contributed by atoms with Crippen LogP contribution in [0.3, 0.4) is 0 Å². The van der Waals surface area contributed by atoms with Crippen LogP contribution in [0, 0.1) is 0 Å². The molecule has 5 nitrogen and oxygen atoms in total. The highest BCUT2D eigenvalue weighted by Crippen LogP contribution is 2.30. The molecule has 0 spiro atoms. The average Bonchev–Trinajstić information content (AvgIpc) is 2.74. The molecule has 2 N–H and O–H groups in total. The van der Waals surface area contributed by atoms with Gasteiger partial charge in [0, 0.05) is 13.6 Å². The zero-order valence-electron chi connectivity index (χ0n) is 10.6. The van der Waals surface area contributed by atoms with Gasteiger partial charge in [-0.3, -0.25) is 0 Å². The molecule has 8 heteroatoms. The van der Waals surface area contributed by atoms with Crippen LogP contribution < -0.4 is 5.32 Å². The maximum atomic E-state index is 12.0. The Bertz CT molecular complexity index is 352. The molecule has 0 bridgehead atoms. The topological polar surface area (TPSA) is 69.6 Å². The van der Waals surface area contributed by atoms with Gasteiger partial charge in [-0.05, 0) is 12.8 Å². The van der Waals surface area contributed by atoms with Crippen LogP contribution >= 0.6 is 0 Å². The van der Waals surface area contributed by atoms with Crippen LogP contribution in [0.2, 0.25) is 0 Å². The van der Waals surface area contributed by atoms with E-state index in [-0.39, 0.29) is 0 Å². The SMILES string of the molecule is CN(CCC(F)(F)F)C(=O)NC1(C(=O)O)CCCC1. The van der Waals surface area contributed by atoms with Crippen molar-refractivity contribution in [1.82, 2.24) is 10.2 Å². The number of nitrogens with zero attached hydrogens (tertiary/aromatic N) is 1. The van der Waals surface area contributed by atoms with E-state index in [1.165, 1.54) is 7.05 Å². The van der Waals surface area contributed by atoms with Crippen molar-refractivity contribution in [2.75, 3.05) is 13.6 Å². The van der Waals surface area contributed by atoms with Crippen LogP contribution in [0.1, 0.15) is 32.1 Å². The first kappa shape index (κ1) is 15.6. The number of urea groups is 1. The molecule has 19 heavy (non-hydrogen) atoms. The van der Waals surface area contributed by atoms with E-state index in [0.717, 1.165) is 4.90 Å². The van der Waals surface area contributed by atoms with Crippen LogP contribution in [0.25, 0.3) is 0 Å². The Labute approximate surface area is 108 Å². The van der Waals surface area contributed by atoms with Gasteiger partial charge >= 0.3 is 18.2 Å². The normalized spacial score (nSPS) is 18.1. The van der Waals surface area contributed by atoms with Crippen LogP contribution in [0.5, 0.6) is 0 Å². The number of alkyl halides is 3. The van der Waals surface area contributed by atoms with E-state index in [4.69, 9.17) is 5.11 Å². The van der Waals surface area contributed by atoms with E-state index in [1.54, 1.807) is 0 Å². The van der Waals surface area contributed by atoms with Crippen LogP contribution in [-0.2, 0) is 4.79 Å². The quantitative estimate of drug-likeness (QED) is 0.828. The summed E-state index contributed by atoms with van der Waals surface area (Å²) < 4.78 is 36.1. The lowest BCUT2D eigenvalue weighted by molar-refractivity contribution is -0.144. The lowest BCUT2D eigenvalue weighted by Crippen LogP contribution is -2.56. The van der Waals surface area contributed by atoms with Gasteiger partial charge in [0.25, 0.3) is 0 Å². The number of amides is 2. The number of nitrogens with one attached hydrogen (secondary N) is 1. The Morgan fingerprint density at radius 3 is 2.26 bits per heavy atom. The van der Waals surface area contributed by atoms with E-state index >= 15 is 0 Å². The summed E-state index contributed by atoms with van der Waals surface area (Å²) in [6, 6.07) is -0.784. The number of carboxylic acids is 1. The molecule has 1 rings (SSSR count). The van der Waals surface area contributed by atoms with Crippen molar-refractivity contribution in [3.63, 3.8) is 0 Å². The Balaban J connectivity index is 2.55. The molecule has 0 heterocycles. The van der Waals surface area contributed by atoms with Gasteiger partial charge in [-0.15, -0.1) is 0 Å². The first-order valence-electron chi connectivity index (χ1n) is 6.00. The second kappa shape index (κ2) is 5.66. The zero-order valence-corrected chi connectivity index (χ0v) is 10.6. The molecule has 110 valence electrons. The monoisotopic (exact) mass is 282 g/mol. The Morgan fingerprint density at radius 1 is 1.32 bits per heavy atom.